The van der Waals surface area contributed by atoms with Crippen LogP contribution >= 0.6 is 0 Å². The van der Waals surface area contributed by atoms with Gasteiger partial charge in [-0.25, -0.2) is 9.97 Å². The molecule has 6 heteroatoms. The van der Waals surface area contributed by atoms with E-state index in [1.165, 1.54) is 24.8 Å². The van der Waals surface area contributed by atoms with Gasteiger partial charge in [-0.1, -0.05) is 37.5 Å². The number of aromatic nitrogens is 2. The second-order valence-corrected chi connectivity index (χ2v) is 9.34. The van der Waals surface area contributed by atoms with E-state index in [9.17, 15) is 4.79 Å². The maximum atomic E-state index is 12.6. The molecule has 6 nitrogen and oxygen atoms in total. The molecule has 172 valence electrons. The topological polar surface area (TPSA) is 67.3 Å². The van der Waals surface area contributed by atoms with E-state index in [4.69, 9.17) is 14.7 Å². The number of amides is 1. The van der Waals surface area contributed by atoms with Crippen molar-refractivity contribution in [2.45, 2.75) is 77.3 Å². The van der Waals surface area contributed by atoms with Gasteiger partial charge in [0.25, 0.3) is 0 Å². The smallest absolute Gasteiger partial charge is 0.224 e. The van der Waals surface area contributed by atoms with E-state index in [-0.39, 0.29) is 5.91 Å². The van der Waals surface area contributed by atoms with Crippen LogP contribution in [0.5, 0.6) is 5.75 Å². The third-order valence-corrected chi connectivity index (χ3v) is 6.97. The summed E-state index contributed by atoms with van der Waals surface area (Å²) >= 11 is 0. The molecule has 1 aromatic heterocycles. The highest BCUT2D eigenvalue weighted by atomic mass is 16.5. The van der Waals surface area contributed by atoms with Crippen molar-refractivity contribution in [3.63, 3.8) is 0 Å². The summed E-state index contributed by atoms with van der Waals surface area (Å²) in [4.78, 5) is 24.8. The van der Waals surface area contributed by atoms with Crippen LogP contribution in [0.25, 0.3) is 0 Å². The van der Waals surface area contributed by atoms with Crippen LogP contribution in [-0.4, -0.2) is 47.0 Å². The van der Waals surface area contributed by atoms with Crippen LogP contribution < -0.4 is 10.1 Å². The van der Waals surface area contributed by atoms with Crippen molar-refractivity contribution in [2.75, 3.05) is 20.2 Å². The van der Waals surface area contributed by atoms with Gasteiger partial charge in [0.2, 0.25) is 5.91 Å². The second-order valence-electron chi connectivity index (χ2n) is 9.34. The minimum Gasteiger partial charge on any atom is -0.496 e. The predicted molar refractivity (Wildman–Crippen MR) is 126 cm³/mol. The number of benzene rings is 1. The fourth-order valence-electron chi connectivity index (χ4n) is 5.15. The standard InChI is InChI=1S/C26H36N4O2/c1-18-23(15-25(31)29-22-10-5-4-6-11-22)19(2)28-26(27-18)21-13-14-30(17-21)16-20-9-7-8-12-24(20)32-3/h7-9,12,21-22H,4-6,10-11,13-17H2,1-3H3,(H,29,31)/t21-/m1/s1. The van der Waals surface area contributed by atoms with Crippen LogP contribution in [0.3, 0.4) is 0 Å². The number of likely N-dealkylation sites (tertiary alicyclic amines) is 1. The van der Waals surface area contributed by atoms with Gasteiger partial charge in [0.15, 0.2) is 0 Å². The summed E-state index contributed by atoms with van der Waals surface area (Å²) in [5, 5.41) is 3.22. The third kappa shape index (κ3) is 5.47. The van der Waals surface area contributed by atoms with Gasteiger partial charge in [0.1, 0.15) is 11.6 Å². The van der Waals surface area contributed by atoms with E-state index in [0.29, 0.717) is 18.4 Å². The van der Waals surface area contributed by atoms with E-state index in [0.717, 1.165) is 67.4 Å². The summed E-state index contributed by atoms with van der Waals surface area (Å²) in [5.74, 6) is 2.28. The van der Waals surface area contributed by atoms with Gasteiger partial charge >= 0.3 is 0 Å². The Morgan fingerprint density at radius 2 is 1.81 bits per heavy atom. The molecule has 0 radical (unpaired) electrons. The lowest BCUT2D eigenvalue weighted by atomic mass is 9.95. The third-order valence-electron chi connectivity index (χ3n) is 6.97. The van der Waals surface area contributed by atoms with Crippen LogP contribution in [0.4, 0.5) is 0 Å². The summed E-state index contributed by atoms with van der Waals surface area (Å²) in [5.41, 5.74) is 4.07. The molecule has 1 amide bonds. The first-order chi connectivity index (χ1) is 15.5. The fourth-order valence-corrected chi connectivity index (χ4v) is 5.15. The lowest BCUT2D eigenvalue weighted by Crippen LogP contribution is -2.37. The number of carbonyl (C=O) groups excluding carboxylic acids is 1. The van der Waals surface area contributed by atoms with E-state index < -0.39 is 0 Å². The number of rotatable bonds is 7. The number of methoxy groups -OCH3 is 1. The number of carbonyl (C=O) groups is 1. The molecule has 2 heterocycles. The highest BCUT2D eigenvalue weighted by Crippen LogP contribution is 2.29. The molecule has 2 fully saturated rings. The normalized spacial score (nSPS) is 19.8. The number of hydrogen-bond donors (Lipinski definition) is 1. The number of aryl methyl sites for hydroxylation is 2. The minimum absolute atomic E-state index is 0.100. The molecule has 1 aliphatic heterocycles. The molecule has 0 bridgehead atoms. The highest BCUT2D eigenvalue weighted by molar-refractivity contribution is 5.79. The molecule has 1 N–H and O–H groups in total. The average molecular weight is 437 g/mol. The van der Waals surface area contributed by atoms with Crippen molar-refractivity contribution >= 4 is 5.91 Å². The molecular formula is C26H36N4O2. The number of nitrogens with zero attached hydrogens (tertiary/aromatic N) is 3. The summed E-state index contributed by atoms with van der Waals surface area (Å²) in [6.45, 7) is 6.87. The monoisotopic (exact) mass is 436 g/mol. The van der Waals surface area contributed by atoms with Crippen LogP contribution in [0.1, 0.15) is 72.8 Å². The van der Waals surface area contributed by atoms with Gasteiger partial charge in [-0.05, 0) is 45.7 Å². The zero-order valence-corrected chi connectivity index (χ0v) is 19.7. The minimum atomic E-state index is 0.100. The van der Waals surface area contributed by atoms with Gasteiger partial charge < -0.3 is 10.1 Å². The van der Waals surface area contributed by atoms with Crippen LogP contribution in [-0.2, 0) is 17.8 Å². The summed E-state index contributed by atoms with van der Waals surface area (Å²) in [6.07, 6.45) is 7.36. The molecular weight excluding hydrogens is 400 g/mol. The van der Waals surface area contributed by atoms with Crippen molar-refractivity contribution in [1.82, 2.24) is 20.2 Å². The number of hydrogen-bond acceptors (Lipinski definition) is 5. The zero-order valence-electron chi connectivity index (χ0n) is 19.7. The molecule has 0 unspecified atom stereocenters. The molecule has 1 saturated carbocycles. The molecule has 1 aliphatic carbocycles. The van der Waals surface area contributed by atoms with E-state index >= 15 is 0 Å². The average Bonchev–Trinajstić information content (AvgIpc) is 3.26. The Morgan fingerprint density at radius 1 is 1.09 bits per heavy atom. The van der Waals surface area contributed by atoms with Crippen molar-refractivity contribution in [1.29, 1.82) is 0 Å². The van der Waals surface area contributed by atoms with E-state index in [2.05, 4.69) is 22.3 Å². The summed E-state index contributed by atoms with van der Waals surface area (Å²) in [7, 11) is 1.72. The van der Waals surface area contributed by atoms with Crippen molar-refractivity contribution in [3.8, 4) is 5.75 Å². The lowest BCUT2D eigenvalue weighted by Gasteiger charge is -2.23. The Hall–Kier alpha value is -2.47. The maximum Gasteiger partial charge on any atom is 0.224 e. The first kappa shape index (κ1) is 22.7. The van der Waals surface area contributed by atoms with Crippen molar-refractivity contribution in [2.24, 2.45) is 0 Å². The quantitative estimate of drug-likeness (QED) is 0.708. The van der Waals surface area contributed by atoms with Crippen LogP contribution in [0, 0.1) is 13.8 Å². The Bertz CT molecular complexity index is 916. The Labute approximate surface area is 191 Å². The first-order valence-corrected chi connectivity index (χ1v) is 12.0. The molecule has 2 aromatic rings. The number of para-hydroxylation sites is 1. The number of ether oxygens (including phenoxy) is 1. The summed E-state index contributed by atoms with van der Waals surface area (Å²) in [6, 6.07) is 8.55. The largest absolute Gasteiger partial charge is 0.496 e. The first-order valence-electron chi connectivity index (χ1n) is 12.0. The Balaban J connectivity index is 1.38. The molecule has 1 atom stereocenters. The highest BCUT2D eigenvalue weighted by Gasteiger charge is 2.28. The van der Waals surface area contributed by atoms with E-state index in [1.54, 1.807) is 7.11 Å². The lowest BCUT2D eigenvalue weighted by molar-refractivity contribution is -0.121. The second kappa shape index (κ2) is 10.4. The zero-order chi connectivity index (χ0) is 22.5. The maximum absolute atomic E-state index is 12.6. The fraction of sp³-hybridized carbons (Fsp3) is 0.577. The Kier molecular flexibility index (Phi) is 7.40. The number of nitrogens with one attached hydrogen (secondary N) is 1. The van der Waals surface area contributed by atoms with Crippen molar-refractivity contribution < 1.29 is 9.53 Å². The molecule has 1 saturated heterocycles. The SMILES string of the molecule is COc1ccccc1CN1CC[C@@H](c2nc(C)c(CC(=O)NC3CCCCC3)c(C)n2)C1. The van der Waals surface area contributed by atoms with Gasteiger partial charge in [0, 0.05) is 47.6 Å². The molecule has 4 rings (SSSR count). The van der Waals surface area contributed by atoms with Gasteiger partial charge in [-0.3, -0.25) is 9.69 Å². The van der Waals surface area contributed by atoms with Crippen LogP contribution in [0.15, 0.2) is 24.3 Å². The molecule has 0 spiro atoms. The Morgan fingerprint density at radius 3 is 2.53 bits per heavy atom. The van der Waals surface area contributed by atoms with Crippen LogP contribution in [0.2, 0.25) is 0 Å². The predicted octanol–water partition coefficient (Wildman–Crippen LogP) is 4.08. The molecule has 1 aromatic carbocycles. The van der Waals surface area contributed by atoms with E-state index in [1.807, 2.05) is 26.0 Å². The summed E-state index contributed by atoms with van der Waals surface area (Å²) < 4.78 is 5.51. The van der Waals surface area contributed by atoms with Crippen molar-refractivity contribution in [3.05, 3.63) is 52.6 Å². The van der Waals surface area contributed by atoms with Gasteiger partial charge in [0.05, 0.1) is 13.5 Å². The molecule has 32 heavy (non-hydrogen) atoms. The van der Waals surface area contributed by atoms with Gasteiger partial charge in [-0.2, -0.15) is 0 Å². The van der Waals surface area contributed by atoms with Gasteiger partial charge in [-0.15, -0.1) is 0 Å². The molecule has 2 aliphatic rings.